The third-order valence-electron chi connectivity index (χ3n) is 3.18. The molecule has 0 aliphatic heterocycles. The number of hydrogen-bond acceptors (Lipinski definition) is 5. The molecule has 0 aliphatic rings. The average molecular weight is 461 g/mol. The van der Waals surface area contributed by atoms with Crippen molar-refractivity contribution in [3.05, 3.63) is 39.6 Å². The van der Waals surface area contributed by atoms with E-state index in [1.165, 1.54) is 17.8 Å². The van der Waals surface area contributed by atoms with Crippen LogP contribution in [0.3, 0.4) is 0 Å². The number of thioether (sulfide) groups is 1. The minimum Gasteiger partial charge on any atom is -0.365 e. The van der Waals surface area contributed by atoms with Gasteiger partial charge >= 0.3 is 6.03 Å². The van der Waals surface area contributed by atoms with Crippen molar-refractivity contribution < 1.29 is 14.0 Å². The van der Waals surface area contributed by atoms with Gasteiger partial charge in [-0.1, -0.05) is 47.6 Å². The maximum absolute atomic E-state index is 13.9. The Kier molecular flexibility index (Phi) is 7.42. The number of carbonyl (C=O) groups is 2. The number of anilines is 1. The molecule has 0 saturated carbocycles. The summed E-state index contributed by atoms with van der Waals surface area (Å²) in [7, 11) is 0. The fourth-order valence-electron chi connectivity index (χ4n) is 1.91. The maximum atomic E-state index is 13.9. The number of nitrogens with zero attached hydrogens (tertiary/aromatic N) is 1. The first-order valence-electron chi connectivity index (χ1n) is 7.69. The Morgan fingerprint density at radius 2 is 2.15 bits per heavy atom. The van der Waals surface area contributed by atoms with Gasteiger partial charge in [0, 0.05) is 16.8 Å². The summed E-state index contributed by atoms with van der Waals surface area (Å²) in [6, 6.07) is 4.33. The second-order valence-corrected chi connectivity index (χ2v) is 8.46. The Labute approximate surface area is 167 Å². The van der Waals surface area contributed by atoms with Gasteiger partial charge in [-0.3, -0.25) is 10.1 Å². The highest BCUT2D eigenvalue weighted by Gasteiger charge is 2.21. The van der Waals surface area contributed by atoms with Crippen LogP contribution in [0.15, 0.2) is 27.7 Å². The van der Waals surface area contributed by atoms with Crippen LogP contribution < -0.4 is 16.4 Å². The Morgan fingerprint density at radius 3 is 2.77 bits per heavy atom. The van der Waals surface area contributed by atoms with E-state index in [-0.39, 0.29) is 22.1 Å². The van der Waals surface area contributed by atoms with Gasteiger partial charge in [0.25, 0.3) is 5.91 Å². The molecule has 1 heterocycles. The lowest BCUT2D eigenvalue weighted by atomic mass is 10.2. The van der Waals surface area contributed by atoms with Crippen molar-refractivity contribution in [3.8, 4) is 0 Å². The van der Waals surface area contributed by atoms with Crippen molar-refractivity contribution in [1.82, 2.24) is 9.69 Å². The zero-order valence-corrected chi connectivity index (χ0v) is 17.4. The number of primary amides is 1. The molecule has 6 nitrogen and oxygen atoms in total. The second kappa shape index (κ2) is 9.33. The van der Waals surface area contributed by atoms with E-state index in [9.17, 15) is 14.0 Å². The summed E-state index contributed by atoms with van der Waals surface area (Å²) in [6.07, 6.45) is 0. The molecule has 3 amide bonds. The van der Waals surface area contributed by atoms with Gasteiger partial charge < -0.3 is 11.1 Å². The molecule has 1 aromatic heterocycles. The number of halogens is 2. The van der Waals surface area contributed by atoms with Crippen molar-refractivity contribution in [1.29, 1.82) is 0 Å². The lowest BCUT2D eigenvalue weighted by molar-refractivity contribution is 0.0998. The van der Waals surface area contributed by atoms with Crippen LogP contribution in [0.5, 0.6) is 0 Å². The molecule has 2 aromatic rings. The number of carbonyl (C=O) groups excluding carboxylic acids is 2. The van der Waals surface area contributed by atoms with Crippen molar-refractivity contribution in [2.45, 2.75) is 24.6 Å². The van der Waals surface area contributed by atoms with E-state index in [2.05, 4.69) is 30.9 Å². The van der Waals surface area contributed by atoms with E-state index < -0.39 is 11.9 Å². The SMILES string of the molecule is CC(C)CNC(=O)Nc1snc(SCc2ccc(Br)cc2F)c1C(N)=O. The third-order valence-corrected chi connectivity index (χ3v) is 5.58. The van der Waals surface area contributed by atoms with Gasteiger partial charge in [-0.2, -0.15) is 4.37 Å². The van der Waals surface area contributed by atoms with Crippen molar-refractivity contribution in [2.75, 3.05) is 11.9 Å². The van der Waals surface area contributed by atoms with Crippen molar-refractivity contribution in [2.24, 2.45) is 11.7 Å². The van der Waals surface area contributed by atoms with E-state index in [0.29, 0.717) is 27.5 Å². The lowest BCUT2D eigenvalue weighted by Crippen LogP contribution is -2.32. The monoisotopic (exact) mass is 460 g/mol. The van der Waals surface area contributed by atoms with Gasteiger partial charge in [-0.15, -0.1) is 0 Å². The predicted octanol–water partition coefficient (Wildman–Crippen LogP) is 4.21. The highest BCUT2D eigenvalue weighted by atomic mass is 79.9. The lowest BCUT2D eigenvalue weighted by Gasteiger charge is -2.09. The van der Waals surface area contributed by atoms with Gasteiger partial charge in [0.15, 0.2) is 0 Å². The minimum atomic E-state index is -0.698. The molecule has 140 valence electrons. The number of urea groups is 1. The Bertz CT molecular complexity index is 814. The number of nitrogens with one attached hydrogen (secondary N) is 2. The highest BCUT2D eigenvalue weighted by molar-refractivity contribution is 9.10. The number of aromatic nitrogens is 1. The fourth-order valence-corrected chi connectivity index (χ4v) is 4.19. The van der Waals surface area contributed by atoms with Gasteiger partial charge in [0.2, 0.25) is 0 Å². The molecule has 26 heavy (non-hydrogen) atoms. The van der Waals surface area contributed by atoms with Gasteiger partial charge in [-0.25, -0.2) is 9.18 Å². The van der Waals surface area contributed by atoms with Crippen LogP contribution in [-0.2, 0) is 5.75 Å². The van der Waals surface area contributed by atoms with Gasteiger partial charge in [-0.05, 0) is 35.1 Å². The molecule has 0 radical (unpaired) electrons. The molecule has 0 atom stereocenters. The average Bonchev–Trinajstić information content (AvgIpc) is 2.95. The Balaban J connectivity index is 2.10. The van der Waals surface area contributed by atoms with Gasteiger partial charge in [0.1, 0.15) is 21.4 Å². The van der Waals surface area contributed by atoms with Gasteiger partial charge in [0.05, 0.1) is 0 Å². The number of nitrogens with two attached hydrogens (primary N) is 1. The number of rotatable bonds is 7. The number of benzene rings is 1. The van der Waals surface area contributed by atoms with E-state index in [4.69, 9.17) is 5.73 Å². The normalized spacial score (nSPS) is 10.8. The van der Waals surface area contributed by atoms with Crippen LogP contribution in [0.2, 0.25) is 0 Å². The predicted molar refractivity (Wildman–Crippen MR) is 106 cm³/mol. The van der Waals surface area contributed by atoms with Crippen LogP contribution in [0.4, 0.5) is 14.2 Å². The van der Waals surface area contributed by atoms with E-state index in [1.54, 1.807) is 12.1 Å². The quantitative estimate of drug-likeness (QED) is 0.538. The second-order valence-electron chi connectivity index (χ2n) is 5.81. The fraction of sp³-hybridized carbons (Fsp3) is 0.312. The zero-order chi connectivity index (χ0) is 19.3. The Hall–Kier alpha value is -1.65. The zero-order valence-electron chi connectivity index (χ0n) is 14.1. The molecule has 10 heteroatoms. The summed E-state index contributed by atoms with van der Waals surface area (Å²) in [5.41, 5.74) is 6.05. The van der Waals surface area contributed by atoms with Crippen molar-refractivity contribution in [3.63, 3.8) is 0 Å². The largest absolute Gasteiger partial charge is 0.365 e. The molecule has 0 fully saturated rings. The molecule has 1 aromatic carbocycles. The summed E-state index contributed by atoms with van der Waals surface area (Å²) in [6.45, 7) is 4.44. The van der Waals surface area contributed by atoms with E-state index in [0.717, 1.165) is 11.5 Å². The molecule has 0 saturated heterocycles. The highest BCUT2D eigenvalue weighted by Crippen LogP contribution is 2.34. The topological polar surface area (TPSA) is 97.1 Å². The van der Waals surface area contributed by atoms with Crippen molar-refractivity contribution >= 4 is 56.2 Å². The first kappa shape index (κ1) is 20.7. The maximum Gasteiger partial charge on any atom is 0.319 e. The summed E-state index contributed by atoms with van der Waals surface area (Å²) < 4.78 is 18.7. The van der Waals surface area contributed by atoms with Crippen LogP contribution >= 0.6 is 39.2 Å². The molecule has 0 unspecified atom stereocenters. The standard InChI is InChI=1S/C16H18BrFN4O2S2/c1-8(2)6-20-16(24)21-14-12(13(19)23)15(22-26-14)25-7-9-3-4-10(17)5-11(9)18/h3-5,8H,6-7H2,1-2H3,(H2,19,23)(H2,20,21,24). The van der Waals surface area contributed by atoms with Crippen LogP contribution in [-0.4, -0.2) is 22.9 Å². The van der Waals surface area contributed by atoms with Crippen LogP contribution in [0, 0.1) is 11.7 Å². The molecule has 0 bridgehead atoms. The molecule has 4 N–H and O–H groups in total. The Morgan fingerprint density at radius 1 is 1.42 bits per heavy atom. The number of amides is 3. The third kappa shape index (κ3) is 5.68. The molecular formula is C16H18BrFN4O2S2. The first-order chi connectivity index (χ1) is 12.3. The molecule has 0 aliphatic carbocycles. The summed E-state index contributed by atoms with van der Waals surface area (Å²) >= 11 is 5.36. The minimum absolute atomic E-state index is 0.136. The summed E-state index contributed by atoms with van der Waals surface area (Å²) in [5.74, 6) is -0.474. The van der Waals surface area contributed by atoms with E-state index in [1.807, 2.05) is 13.8 Å². The molecule has 0 spiro atoms. The number of hydrogen-bond donors (Lipinski definition) is 3. The van der Waals surface area contributed by atoms with Crippen LogP contribution in [0.25, 0.3) is 0 Å². The smallest absolute Gasteiger partial charge is 0.319 e. The van der Waals surface area contributed by atoms with E-state index >= 15 is 0 Å². The molecular weight excluding hydrogens is 443 g/mol. The summed E-state index contributed by atoms with van der Waals surface area (Å²) in [4.78, 5) is 23.7. The first-order valence-corrected chi connectivity index (χ1v) is 10.2. The summed E-state index contributed by atoms with van der Waals surface area (Å²) in [5, 5.41) is 5.93. The molecule has 2 rings (SSSR count). The van der Waals surface area contributed by atoms with Crippen LogP contribution in [0.1, 0.15) is 29.8 Å².